The van der Waals surface area contributed by atoms with Crippen molar-refractivity contribution < 1.29 is 31.1 Å². The molecule has 1 aliphatic rings. The van der Waals surface area contributed by atoms with Gasteiger partial charge in [-0.1, -0.05) is 18.2 Å². The number of halogens is 6. The van der Waals surface area contributed by atoms with Crippen molar-refractivity contribution in [1.82, 2.24) is 15.1 Å². The van der Waals surface area contributed by atoms with Crippen molar-refractivity contribution >= 4 is 11.6 Å². The lowest BCUT2D eigenvalue weighted by Crippen LogP contribution is -2.36. The molecule has 0 saturated carbocycles. The summed E-state index contributed by atoms with van der Waals surface area (Å²) in [6, 6.07) is 9.47. The van der Waals surface area contributed by atoms with Crippen LogP contribution in [0.3, 0.4) is 0 Å². The highest BCUT2D eigenvalue weighted by Crippen LogP contribution is 2.41. The van der Waals surface area contributed by atoms with E-state index in [1.54, 1.807) is 10.9 Å². The summed E-state index contributed by atoms with van der Waals surface area (Å²) in [7, 11) is 0. The third kappa shape index (κ3) is 5.98. The molecule has 1 aromatic heterocycles. The second-order valence-corrected chi connectivity index (χ2v) is 10.1. The minimum absolute atomic E-state index is 0.00633. The maximum absolute atomic E-state index is 13.1. The van der Waals surface area contributed by atoms with Crippen LogP contribution >= 0.6 is 0 Å². The van der Waals surface area contributed by atoms with Gasteiger partial charge in [-0.15, -0.1) is 0 Å². The topological polar surface area (TPSA) is 59.0 Å². The van der Waals surface area contributed by atoms with Crippen LogP contribution in [-0.2, 0) is 22.7 Å². The summed E-state index contributed by atoms with van der Waals surface area (Å²) in [5, 5.41) is 10.3. The Balaban J connectivity index is 1.61. The molecule has 0 spiro atoms. The standard InChI is InChI=1S/C26H26F6N4O/c1-24(2,3)36-12-11-20(35-36)19-14-21(23(37)33-18-6-4-5-17(13-18)26(30,31)32)34-22(19)15-7-9-16(10-8-15)25(27,28)29/h4-13,19,21-22,34H,14H2,1-3H3,(H,33,37)/t19?,21-,22-/m0/s1. The van der Waals surface area contributed by atoms with Crippen molar-refractivity contribution in [2.75, 3.05) is 5.32 Å². The molecule has 198 valence electrons. The van der Waals surface area contributed by atoms with Gasteiger partial charge in [-0.3, -0.25) is 14.8 Å². The molecule has 0 bridgehead atoms. The number of carbonyl (C=O) groups excluding carboxylic acids is 1. The summed E-state index contributed by atoms with van der Waals surface area (Å²) < 4.78 is 80.2. The first-order valence-corrected chi connectivity index (χ1v) is 11.6. The number of rotatable bonds is 4. The number of carbonyl (C=O) groups is 1. The van der Waals surface area contributed by atoms with Crippen LogP contribution in [0.4, 0.5) is 32.0 Å². The highest BCUT2D eigenvalue weighted by atomic mass is 19.4. The average molecular weight is 525 g/mol. The maximum Gasteiger partial charge on any atom is 0.416 e. The van der Waals surface area contributed by atoms with E-state index < -0.39 is 41.5 Å². The normalized spacial score (nSPS) is 20.7. The molecule has 2 heterocycles. The van der Waals surface area contributed by atoms with Gasteiger partial charge >= 0.3 is 12.4 Å². The summed E-state index contributed by atoms with van der Waals surface area (Å²) in [5.41, 5.74) is -0.805. The van der Waals surface area contributed by atoms with Gasteiger partial charge in [0.05, 0.1) is 28.4 Å². The molecule has 1 fully saturated rings. The van der Waals surface area contributed by atoms with E-state index >= 15 is 0 Å². The zero-order valence-corrected chi connectivity index (χ0v) is 20.3. The number of anilines is 1. The monoisotopic (exact) mass is 524 g/mol. The molecule has 4 rings (SSSR count). The Morgan fingerprint density at radius 2 is 1.59 bits per heavy atom. The Bertz CT molecular complexity index is 1260. The lowest BCUT2D eigenvalue weighted by molar-refractivity contribution is -0.138. The molecule has 1 aliphatic heterocycles. The largest absolute Gasteiger partial charge is 0.416 e. The number of hydrogen-bond donors (Lipinski definition) is 2. The van der Waals surface area contributed by atoms with E-state index in [0.717, 1.165) is 24.3 Å². The first-order valence-electron chi connectivity index (χ1n) is 11.6. The number of hydrogen-bond acceptors (Lipinski definition) is 3. The SMILES string of the molecule is CC(C)(C)n1ccc(C2C[C@@H](C(=O)Nc3cccc(C(F)(F)F)c3)N[C@H]2c2ccc(C(F)(F)F)cc2)n1. The summed E-state index contributed by atoms with van der Waals surface area (Å²) in [6.45, 7) is 5.90. The molecule has 1 amide bonds. The Kier molecular flexibility index (Phi) is 6.87. The predicted molar refractivity (Wildman–Crippen MR) is 126 cm³/mol. The molecule has 0 aliphatic carbocycles. The minimum atomic E-state index is -4.56. The van der Waals surface area contributed by atoms with E-state index in [9.17, 15) is 31.1 Å². The van der Waals surface area contributed by atoms with Crippen molar-refractivity contribution in [2.24, 2.45) is 0 Å². The number of nitrogens with zero attached hydrogens (tertiary/aromatic N) is 2. The number of amides is 1. The van der Waals surface area contributed by atoms with E-state index in [0.29, 0.717) is 11.3 Å². The van der Waals surface area contributed by atoms with E-state index in [2.05, 4.69) is 15.7 Å². The number of nitrogens with one attached hydrogen (secondary N) is 2. The van der Waals surface area contributed by atoms with Crippen LogP contribution in [0, 0.1) is 0 Å². The molecule has 2 aromatic carbocycles. The molecule has 11 heteroatoms. The molecule has 1 saturated heterocycles. The Hall–Kier alpha value is -3.34. The van der Waals surface area contributed by atoms with Crippen LogP contribution in [0.5, 0.6) is 0 Å². The minimum Gasteiger partial charge on any atom is -0.325 e. The van der Waals surface area contributed by atoms with E-state index in [1.807, 2.05) is 26.8 Å². The van der Waals surface area contributed by atoms with Crippen molar-refractivity contribution in [3.63, 3.8) is 0 Å². The van der Waals surface area contributed by atoms with Gasteiger partial charge in [-0.25, -0.2) is 0 Å². The second-order valence-electron chi connectivity index (χ2n) is 10.1. The zero-order valence-electron chi connectivity index (χ0n) is 20.3. The van der Waals surface area contributed by atoms with Crippen LogP contribution in [0.15, 0.2) is 60.8 Å². The lowest BCUT2D eigenvalue weighted by atomic mass is 9.90. The molecule has 37 heavy (non-hydrogen) atoms. The molecule has 2 N–H and O–H groups in total. The van der Waals surface area contributed by atoms with E-state index in [1.165, 1.54) is 24.3 Å². The van der Waals surface area contributed by atoms with Crippen LogP contribution in [0.1, 0.15) is 61.5 Å². The van der Waals surface area contributed by atoms with Crippen LogP contribution in [-0.4, -0.2) is 21.7 Å². The van der Waals surface area contributed by atoms with E-state index in [4.69, 9.17) is 0 Å². The zero-order chi connectivity index (χ0) is 27.2. The van der Waals surface area contributed by atoms with Crippen molar-refractivity contribution in [1.29, 1.82) is 0 Å². The molecular weight excluding hydrogens is 498 g/mol. The Labute approximate surface area is 209 Å². The third-order valence-electron chi connectivity index (χ3n) is 6.32. The molecule has 1 unspecified atom stereocenters. The quantitative estimate of drug-likeness (QED) is 0.383. The van der Waals surface area contributed by atoms with Gasteiger partial charge in [0.2, 0.25) is 5.91 Å². The maximum atomic E-state index is 13.1. The van der Waals surface area contributed by atoms with Crippen LogP contribution < -0.4 is 10.6 Å². The van der Waals surface area contributed by atoms with Gasteiger partial charge in [0.15, 0.2) is 0 Å². The Morgan fingerprint density at radius 3 is 2.16 bits per heavy atom. The molecule has 3 aromatic rings. The second kappa shape index (κ2) is 9.51. The third-order valence-corrected chi connectivity index (χ3v) is 6.32. The molecule has 0 radical (unpaired) electrons. The smallest absolute Gasteiger partial charge is 0.325 e. The number of aromatic nitrogens is 2. The first-order chi connectivity index (χ1) is 17.1. The first kappa shape index (κ1) is 26.7. The summed E-state index contributed by atoms with van der Waals surface area (Å²) in [4.78, 5) is 13.1. The summed E-state index contributed by atoms with van der Waals surface area (Å²) in [6.07, 6.45) is -7.00. The fraction of sp³-hybridized carbons (Fsp3) is 0.385. The summed E-state index contributed by atoms with van der Waals surface area (Å²) in [5.74, 6) is -0.911. The summed E-state index contributed by atoms with van der Waals surface area (Å²) >= 11 is 0. The van der Waals surface area contributed by atoms with Crippen LogP contribution in [0.25, 0.3) is 0 Å². The van der Waals surface area contributed by atoms with E-state index in [-0.39, 0.29) is 23.6 Å². The Morgan fingerprint density at radius 1 is 0.946 bits per heavy atom. The van der Waals surface area contributed by atoms with Gasteiger partial charge in [0.25, 0.3) is 0 Å². The van der Waals surface area contributed by atoms with Gasteiger partial charge in [-0.2, -0.15) is 31.4 Å². The van der Waals surface area contributed by atoms with Crippen LogP contribution in [0.2, 0.25) is 0 Å². The highest BCUT2D eigenvalue weighted by molar-refractivity contribution is 5.95. The van der Waals surface area contributed by atoms with Gasteiger partial charge in [0, 0.05) is 23.8 Å². The molecular formula is C26H26F6N4O. The predicted octanol–water partition coefficient (Wildman–Crippen LogP) is 6.50. The average Bonchev–Trinajstić information content (AvgIpc) is 3.46. The molecule has 3 atom stereocenters. The molecule has 5 nitrogen and oxygen atoms in total. The lowest BCUT2D eigenvalue weighted by Gasteiger charge is -2.21. The fourth-order valence-corrected chi connectivity index (χ4v) is 4.39. The van der Waals surface area contributed by atoms with Gasteiger partial charge < -0.3 is 5.32 Å². The van der Waals surface area contributed by atoms with Crippen molar-refractivity contribution in [3.8, 4) is 0 Å². The fourth-order valence-electron chi connectivity index (χ4n) is 4.39. The van der Waals surface area contributed by atoms with Crippen molar-refractivity contribution in [2.45, 2.75) is 63.1 Å². The van der Waals surface area contributed by atoms with Gasteiger partial charge in [0.1, 0.15) is 0 Å². The van der Waals surface area contributed by atoms with Crippen molar-refractivity contribution in [3.05, 3.63) is 83.2 Å². The number of alkyl halides is 6. The van der Waals surface area contributed by atoms with Gasteiger partial charge in [-0.05, 0) is 69.2 Å². The highest BCUT2D eigenvalue weighted by Gasteiger charge is 2.41. The number of benzene rings is 2.